The fraction of sp³-hybridized carbons (Fsp3) is 0.889. The first-order valence-corrected chi connectivity index (χ1v) is 4.65. The molecule has 0 aromatic rings. The van der Waals surface area contributed by atoms with E-state index in [1.165, 1.54) is 38.5 Å². The van der Waals surface area contributed by atoms with Crippen LogP contribution in [0.3, 0.4) is 0 Å². The maximum absolute atomic E-state index is 5.37. The molecule has 0 fully saturated rings. The highest BCUT2D eigenvalue weighted by molar-refractivity contribution is 4.53. The lowest BCUT2D eigenvalue weighted by atomic mass is 10.1. The van der Waals surface area contributed by atoms with Gasteiger partial charge in [0.25, 0.3) is 0 Å². The topological polar surface area (TPSA) is 52.0 Å². The zero-order valence-electron chi connectivity index (χ0n) is 7.39. The van der Waals surface area contributed by atoms with Gasteiger partial charge >= 0.3 is 0 Å². The molecule has 0 atom stereocenters. The van der Waals surface area contributed by atoms with Crippen LogP contribution in [0.15, 0.2) is 0 Å². The van der Waals surface area contributed by atoms with Gasteiger partial charge in [0.15, 0.2) is 0 Å². The molecule has 0 saturated carbocycles. The van der Waals surface area contributed by atoms with Crippen LogP contribution in [0.4, 0.5) is 0 Å². The minimum Gasteiger partial charge on any atom is -0.330 e. The van der Waals surface area contributed by atoms with Crippen LogP contribution in [0.1, 0.15) is 44.9 Å². The Morgan fingerprint density at radius 3 is 1.91 bits per heavy atom. The van der Waals surface area contributed by atoms with E-state index in [2.05, 4.69) is 0 Å². The van der Waals surface area contributed by atoms with Crippen molar-refractivity contribution in [2.24, 2.45) is 11.5 Å². The van der Waals surface area contributed by atoms with E-state index in [1.807, 2.05) is 0 Å². The Kier molecular flexibility index (Phi) is 9.85. The van der Waals surface area contributed by atoms with Crippen molar-refractivity contribution in [2.45, 2.75) is 44.9 Å². The van der Waals surface area contributed by atoms with Crippen LogP contribution >= 0.6 is 0 Å². The summed E-state index contributed by atoms with van der Waals surface area (Å²) < 4.78 is 0. The second kappa shape index (κ2) is 9.92. The summed E-state index contributed by atoms with van der Waals surface area (Å²) in [7, 11) is 0. The SMILES string of the molecule is N[CH]CCCCCCCCN. The molecule has 0 bridgehead atoms. The van der Waals surface area contributed by atoms with Crippen molar-refractivity contribution in [1.82, 2.24) is 0 Å². The molecular formula is C9H21N2. The average Bonchev–Trinajstić information content (AvgIpc) is 2.03. The number of unbranched alkanes of at least 4 members (excludes halogenated alkanes) is 6. The molecule has 11 heavy (non-hydrogen) atoms. The Bertz CT molecular complexity index is 56.6. The molecule has 2 nitrogen and oxygen atoms in total. The van der Waals surface area contributed by atoms with Crippen LogP contribution < -0.4 is 11.5 Å². The molecule has 0 aromatic heterocycles. The van der Waals surface area contributed by atoms with Gasteiger partial charge in [-0.15, -0.1) is 0 Å². The molecule has 0 unspecified atom stereocenters. The van der Waals surface area contributed by atoms with E-state index < -0.39 is 0 Å². The summed E-state index contributed by atoms with van der Waals surface area (Å²) >= 11 is 0. The Labute approximate surface area is 70.3 Å². The third kappa shape index (κ3) is 9.92. The van der Waals surface area contributed by atoms with E-state index in [0.29, 0.717) is 0 Å². The van der Waals surface area contributed by atoms with Crippen molar-refractivity contribution in [3.63, 3.8) is 0 Å². The molecule has 0 heterocycles. The van der Waals surface area contributed by atoms with Gasteiger partial charge in [0.1, 0.15) is 0 Å². The van der Waals surface area contributed by atoms with Gasteiger partial charge in [0.2, 0.25) is 0 Å². The van der Waals surface area contributed by atoms with Crippen molar-refractivity contribution in [3.8, 4) is 0 Å². The lowest BCUT2D eigenvalue weighted by Gasteiger charge is -1.98. The van der Waals surface area contributed by atoms with Gasteiger partial charge in [-0.1, -0.05) is 32.1 Å². The van der Waals surface area contributed by atoms with E-state index in [0.717, 1.165) is 13.0 Å². The number of hydrogen-bond acceptors (Lipinski definition) is 2. The van der Waals surface area contributed by atoms with Crippen molar-refractivity contribution < 1.29 is 0 Å². The van der Waals surface area contributed by atoms with Crippen molar-refractivity contribution in [3.05, 3.63) is 6.54 Å². The summed E-state index contributed by atoms with van der Waals surface area (Å²) in [6, 6.07) is 0. The Hall–Kier alpha value is -0.0800. The van der Waals surface area contributed by atoms with Gasteiger partial charge in [0.05, 0.1) is 0 Å². The van der Waals surface area contributed by atoms with Gasteiger partial charge < -0.3 is 11.5 Å². The predicted octanol–water partition coefficient (Wildman–Crippen LogP) is 1.80. The van der Waals surface area contributed by atoms with Crippen LogP contribution in [0.25, 0.3) is 0 Å². The molecule has 0 aliphatic rings. The van der Waals surface area contributed by atoms with E-state index in [1.54, 1.807) is 6.54 Å². The van der Waals surface area contributed by atoms with Gasteiger partial charge in [-0.2, -0.15) is 0 Å². The highest BCUT2D eigenvalue weighted by atomic mass is 14.5. The van der Waals surface area contributed by atoms with Gasteiger partial charge in [-0.25, -0.2) is 0 Å². The summed E-state index contributed by atoms with van der Waals surface area (Å²) in [6.45, 7) is 2.59. The van der Waals surface area contributed by atoms with Gasteiger partial charge in [0, 0.05) is 6.54 Å². The fourth-order valence-electron chi connectivity index (χ4n) is 1.11. The molecule has 0 rings (SSSR count). The molecule has 1 radical (unpaired) electrons. The average molecular weight is 157 g/mol. The smallest absolute Gasteiger partial charge is 0.0192 e. The van der Waals surface area contributed by atoms with Crippen molar-refractivity contribution >= 4 is 0 Å². The second-order valence-corrected chi connectivity index (χ2v) is 2.93. The summed E-state index contributed by atoms with van der Waals surface area (Å²) in [5, 5.41) is 0. The minimum absolute atomic E-state index is 0.844. The highest BCUT2D eigenvalue weighted by Gasteiger charge is 1.89. The van der Waals surface area contributed by atoms with Gasteiger partial charge in [-0.05, 0) is 19.4 Å². The molecule has 0 aliphatic carbocycles. The number of hydrogen-bond donors (Lipinski definition) is 2. The molecule has 0 aliphatic heterocycles. The Balaban J connectivity index is 2.69. The first kappa shape index (κ1) is 10.9. The lowest BCUT2D eigenvalue weighted by Crippen LogP contribution is -1.97. The normalized spacial score (nSPS) is 10.4. The molecule has 0 spiro atoms. The summed E-state index contributed by atoms with van der Waals surface area (Å²) in [4.78, 5) is 0. The number of nitrogens with two attached hydrogens (primary N) is 2. The summed E-state index contributed by atoms with van der Waals surface area (Å²) in [5.74, 6) is 0. The largest absolute Gasteiger partial charge is 0.330 e. The van der Waals surface area contributed by atoms with Crippen LogP contribution in [0.5, 0.6) is 0 Å². The molecule has 0 saturated heterocycles. The molecule has 0 amide bonds. The maximum Gasteiger partial charge on any atom is 0.0192 e. The highest BCUT2D eigenvalue weighted by Crippen LogP contribution is 2.06. The molecular weight excluding hydrogens is 136 g/mol. The molecule has 2 heteroatoms. The van der Waals surface area contributed by atoms with E-state index >= 15 is 0 Å². The first-order chi connectivity index (χ1) is 5.41. The zero-order chi connectivity index (χ0) is 8.36. The summed E-state index contributed by atoms with van der Waals surface area (Å²) in [6.07, 6.45) is 8.79. The second-order valence-electron chi connectivity index (χ2n) is 2.93. The van der Waals surface area contributed by atoms with Crippen LogP contribution in [-0.4, -0.2) is 6.54 Å². The molecule has 4 N–H and O–H groups in total. The standard InChI is InChI=1S/C9H21N2/c10-8-6-4-2-1-3-5-7-9-11/h8H,1-7,9-11H2. The van der Waals surface area contributed by atoms with Crippen LogP contribution in [-0.2, 0) is 0 Å². The van der Waals surface area contributed by atoms with Crippen molar-refractivity contribution in [1.29, 1.82) is 0 Å². The van der Waals surface area contributed by atoms with Crippen LogP contribution in [0.2, 0.25) is 0 Å². The fourth-order valence-corrected chi connectivity index (χ4v) is 1.11. The van der Waals surface area contributed by atoms with E-state index in [-0.39, 0.29) is 0 Å². The molecule has 0 aromatic carbocycles. The third-order valence-corrected chi connectivity index (χ3v) is 1.82. The lowest BCUT2D eigenvalue weighted by molar-refractivity contribution is 0.595. The zero-order valence-corrected chi connectivity index (χ0v) is 7.39. The third-order valence-electron chi connectivity index (χ3n) is 1.82. The summed E-state index contributed by atoms with van der Waals surface area (Å²) in [5.41, 5.74) is 10.6. The van der Waals surface area contributed by atoms with Gasteiger partial charge in [-0.3, -0.25) is 0 Å². The monoisotopic (exact) mass is 157 g/mol. The first-order valence-electron chi connectivity index (χ1n) is 4.65. The number of rotatable bonds is 8. The minimum atomic E-state index is 0.844. The van der Waals surface area contributed by atoms with Crippen molar-refractivity contribution in [2.75, 3.05) is 6.54 Å². The Morgan fingerprint density at radius 2 is 1.36 bits per heavy atom. The quantitative estimate of drug-likeness (QED) is 0.528. The predicted molar refractivity (Wildman–Crippen MR) is 49.9 cm³/mol. The maximum atomic E-state index is 5.37. The van der Waals surface area contributed by atoms with E-state index in [4.69, 9.17) is 11.5 Å². The Morgan fingerprint density at radius 1 is 0.818 bits per heavy atom. The van der Waals surface area contributed by atoms with Crippen LogP contribution in [0, 0.1) is 6.54 Å². The van der Waals surface area contributed by atoms with E-state index in [9.17, 15) is 0 Å². The molecule has 67 valence electrons.